The molecule has 1 atom stereocenters. The van der Waals surface area contributed by atoms with Crippen molar-refractivity contribution in [2.45, 2.75) is 13.0 Å². The Kier molecular flexibility index (Phi) is 6.40. The molecule has 1 saturated heterocycles. The van der Waals surface area contributed by atoms with E-state index in [1.165, 1.54) is 36.5 Å². The van der Waals surface area contributed by atoms with Crippen LogP contribution >= 0.6 is 0 Å². The highest BCUT2D eigenvalue weighted by atomic mass is 16.5. The number of ether oxygens (including phenoxy) is 2. The summed E-state index contributed by atoms with van der Waals surface area (Å²) >= 11 is 0. The molecule has 1 N–H and O–H groups in total. The van der Waals surface area contributed by atoms with Gasteiger partial charge in [-0.05, 0) is 61.0 Å². The number of anilines is 1. The number of carbonyl (C=O) groups excluding carboxylic acids is 3. The molecule has 1 aromatic heterocycles. The fourth-order valence-electron chi connectivity index (χ4n) is 3.84. The van der Waals surface area contributed by atoms with Gasteiger partial charge in [-0.2, -0.15) is 0 Å². The largest absolute Gasteiger partial charge is 0.507 e. The van der Waals surface area contributed by atoms with Crippen LogP contribution in [0.2, 0.25) is 0 Å². The average Bonchev–Trinajstić information content (AvgIpc) is 3.14. The zero-order valence-electron chi connectivity index (χ0n) is 18.6. The SMILES string of the molecule is CCOC(=O)c1ccc(N2C(=O)C(=O)/C(=C(/O)c3ccncc3)C2c2ccc(OC)cc2)cc1. The van der Waals surface area contributed by atoms with Gasteiger partial charge in [-0.3, -0.25) is 19.5 Å². The van der Waals surface area contributed by atoms with Gasteiger partial charge in [0.15, 0.2) is 0 Å². The molecule has 0 bridgehead atoms. The van der Waals surface area contributed by atoms with Gasteiger partial charge in [-0.1, -0.05) is 12.1 Å². The average molecular weight is 458 g/mol. The van der Waals surface area contributed by atoms with E-state index in [1.54, 1.807) is 55.5 Å². The molecule has 1 unspecified atom stereocenters. The number of aliphatic hydroxyl groups excluding tert-OH is 1. The molecular weight excluding hydrogens is 436 g/mol. The number of nitrogens with zero attached hydrogens (tertiary/aromatic N) is 2. The molecule has 0 radical (unpaired) electrons. The normalized spacial score (nSPS) is 17.0. The molecular formula is C26H22N2O6. The van der Waals surface area contributed by atoms with Crippen molar-refractivity contribution in [3.8, 4) is 5.75 Å². The molecule has 1 aliphatic rings. The smallest absolute Gasteiger partial charge is 0.338 e. The molecule has 8 heteroatoms. The lowest BCUT2D eigenvalue weighted by atomic mass is 9.95. The predicted octanol–water partition coefficient (Wildman–Crippen LogP) is 3.89. The van der Waals surface area contributed by atoms with Gasteiger partial charge in [0.25, 0.3) is 11.7 Å². The first-order valence-electron chi connectivity index (χ1n) is 10.6. The van der Waals surface area contributed by atoms with E-state index in [9.17, 15) is 19.5 Å². The third kappa shape index (κ3) is 4.13. The number of Topliss-reactive ketones (excluding diaryl/α,β-unsaturated/α-hetero) is 1. The summed E-state index contributed by atoms with van der Waals surface area (Å²) in [6.07, 6.45) is 2.98. The molecule has 1 amide bonds. The number of carbonyl (C=O) groups is 3. The molecule has 34 heavy (non-hydrogen) atoms. The number of rotatable bonds is 6. The van der Waals surface area contributed by atoms with Crippen molar-refractivity contribution < 1.29 is 29.0 Å². The first-order chi connectivity index (χ1) is 16.5. The van der Waals surface area contributed by atoms with E-state index >= 15 is 0 Å². The number of amides is 1. The van der Waals surface area contributed by atoms with Gasteiger partial charge in [-0.15, -0.1) is 0 Å². The van der Waals surface area contributed by atoms with E-state index < -0.39 is 23.7 Å². The Balaban J connectivity index is 1.85. The highest BCUT2D eigenvalue weighted by Gasteiger charge is 2.47. The monoisotopic (exact) mass is 458 g/mol. The number of aliphatic hydroxyl groups is 1. The van der Waals surface area contributed by atoms with Crippen molar-refractivity contribution in [2.75, 3.05) is 18.6 Å². The standard InChI is InChI=1S/C26H22N2O6/c1-3-34-26(32)18-4-8-19(9-5-18)28-22(16-6-10-20(33-2)11-7-16)21(24(30)25(28)31)23(29)17-12-14-27-15-13-17/h4-15,22,29H,3H2,1-2H3/b23-21+. The topological polar surface area (TPSA) is 106 Å². The van der Waals surface area contributed by atoms with Crippen LogP contribution in [-0.4, -0.2) is 41.5 Å². The van der Waals surface area contributed by atoms with Crippen molar-refractivity contribution in [1.82, 2.24) is 4.98 Å². The molecule has 2 aromatic carbocycles. The number of benzene rings is 2. The molecule has 0 aliphatic carbocycles. The van der Waals surface area contributed by atoms with Crippen LogP contribution in [0.25, 0.3) is 5.76 Å². The van der Waals surface area contributed by atoms with E-state index in [1.807, 2.05) is 0 Å². The lowest BCUT2D eigenvalue weighted by Gasteiger charge is -2.25. The van der Waals surface area contributed by atoms with Crippen LogP contribution in [0, 0.1) is 0 Å². The van der Waals surface area contributed by atoms with Crippen molar-refractivity contribution in [2.24, 2.45) is 0 Å². The Morgan fingerprint density at radius 3 is 2.21 bits per heavy atom. The molecule has 1 aliphatic heterocycles. The minimum absolute atomic E-state index is 0.0455. The number of esters is 1. The number of ketones is 1. The Morgan fingerprint density at radius 2 is 1.62 bits per heavy atom. The highest BCUT2D eigenvalue weighted by molar-refractivity contribution is 6.51. The maximum absolute atomic E-state index is 13.2. The number of hydrogen-bond acceptors (Lipinski definition) is 7. The summed E-state index contributed by atoms with van der Waals surface area (Å²) in [6.45, 7) is 1.95. The van der Waals surface area contributed by atoms with E-state index in [-0.39, 0.29) is 17.9 Å². The van der Waals surface area contributed by atoms with Gasteiger partial charge in [0.1, 0.15) is 11.5 Å². The number of methoxy groups -OCH3 is 1. The number of hydrogen-bond donors (Lipinski definition) is 1. The zero-order valence-corrected chi connectivity index (χ0v) is 18.6. The van der Waals surface area contributed by atoms with E-state index in [0.29, 0.717) is 28.1 Å². The second-order valence-electron chi connectivity index (χ2n) is 7.45. The Hall–Kier alpha value is -4.46. The van der Waals surface area contributed by atoms with Crippen molar-refractivity contribution in [3.63, 3.8) is 0 Å². The molecule has 172 valence electrons. The van der Waals surface area contributed by atoms with E-state index in [4.69, 9.17) is 9.47 Å². The van der Waals surface area contributed by atoms with Crippen molar-refractivity contribution in [3.05, 3.63) is 95.3 Å². The molecule has 3 aromatic rings. The maximum atomic E-state index is 13.2. The third-order valence-corrected chi connectivity index (χ3v) is 5.49. The lowest BCUT2D eigenvalue weighted by Crippen LogP contribution is -2.29. The Morgan fingerprint density at radius 1 is 0.971 bits per heavy atom. The van der Waals surface area contributed by atoms with Crippen molar-refractivity contribution in [1.29, 1.82) is 0 Å². The first kappa shape index (κ1) is 22.7. The van der Waals surface area contributed by atoms with Crippen LogP contribution in [0.1, 0.15) is 34.5 Å². The molecule has 4 rings (SSSR count). The minimum atomic E-state index is -0.896. The summed E-state index contributed by atoms with van der Waals surface area (Å²) in [5.41, 5.74) is 1.63. The fraction of sp³-hybridized carbons (Fsp3) is 0.154. The number of pyridine rings is 1. The summed E-state index contributed by atoms with van der Waals surface area (Å²) in [6, 6.07) is 15.3. The second-order valence-corrected chi connectivity index (χ2v) is 7.45. The van der Waals surface area contributed by atoms with Crippen LogP contribution < -0.4 is 9.64 Å². The van der Waals surface area contributed by atoms with E-state index in [2.05, 4.69) is 4.98 Å². The minimum Gasteiger partial charge on any atom is -0.507 e. The first-order valence-corrected chi connectivity index (χ1v) is 10.6. The lowest BCUT2D eigenvalue weighted by molar-refractivity contribution is -0.132. The Labute approximate surface area is 196 Å². The van der Waals surface area contributed by atoms with Gasteiger partial charge >= 0.3 is 5.97 Å². The van der Waals surface area contributed by atoms with E-state index in [0.717, 1.165) is 0 Å². The summed E-state index contributed by atoms with van der Waals surface area (Å²) in [5.74, 6) is -1.79. The number of aromatic nitrogens is 1. The van der Waals surface area contributed by atoms with Crippen LogP contribution in [0.15, 0.2) is 78.6 Å². The van der Waals surface area contributed by atoms with Gasteiger partial charge in [-0.25, -0.2) is 4.79 Å². The summed E-state index contributed by atoms with van der Waals surface area (Å²) < 4.78 is 10.2. The quantitative estimate of drug-likeness (QED) is 0.258. The molecule has 0 spiro atoms. The maximum Gasteiger partial charge on any atom is 0.338 e. The highest BCUT2D eigenvalue weighted by Crippen LogP contribution is 2.42. The van der Waals surface area contributed by atoms with Gasteiger partial charge in [0.2, 0.25) is 0 Å². The fourth-order valence-corrected chi connectivity index (χ4v) is 3.84. The van der Waals surface area contributed by atoms with Gasteiger partial charge in [0, 0.05) is 23.6 Å². The van der Waals surface area contributed by atoms with Crippen molar-refractivity contribution >= 4 is 29.1 Å². The second kappa shape index (κ2) is 9.58. The molecule has 0 saturated carbocycles. The summed E-state index contributed by atoms with van der Waals surface area (Å²) in [7, 11) is 1.54. The van der Waals surface area contributed by atoms with Gasteiger partial charge < -0.3 is 14.6 Å². The third-order valence-electron chi connectivity index (χ3n) is 5.49. The Bertz CT molecular complexity index is 1250. The van der Waals surface area contributed by atoms with Gasteiger partial charge in [0.05, 0.1) is 30.9 Å². The zero-order chi connectivity index (χ0) is 24.2. The van der Waals surface area contributed by atoms with Crippen LogP contribution in [0.3, 0.4) is 0 Å². The molecule has 2 heterocycles. The van der Waals surface area contributed by atoms with Crippen LogP contribution in [-0.2, 0) is 14.3 Å². The van der Waals surface area contributed by atoms with Crippen LogP contribution in [0.5, 0.6) is 5.75 Å². The molecule has 8 nitrogen and oxygen atoms in total. The summed E-state index contributed by atoms with van der Waals surface area (Å²) in [4.78, 5) is 43.6. The predicted molar refractivity (Wildman–Crippen MR) is 124 cm³/mol. The molecule has 1 fully saturated rings. The summed E-state index contributed by atoms with van der Waals surface area (Å²) in [5, 5.41) is 11.0. The van der Waals surface area contributed by atoms with Crippen LogP contribution in [0.4, 0.5) is 5.69 Å².